The van der Waals surface area contributed by atoms with Crippen molar-refractivity contribution in [1.82, 2.24) is 0 Å². The van der Waals surface area contributed by atoms with E-state index in [1.165, 1.54) is 12.5 Å². The summed E-state index contributed by atoms with van der Waals surface area (Å²) in [5.74, 6) is 0.726. The Morgan fingerprint density at radius 1 is 1.14 bits per heavy atom. The summed E-state index contributed by atoms with van der Waals surface area (Å²) in [6.45, 7) is 8.07. The van der Waals surface area contributed by atoms with Crippen molar-refractivity contribution in [3.05, 3.63) is 29.1 Å². The van der Waals surface area contributed by atoms with Gasteiger partial charge in [0.25, 0.3) is 0 Å². The zero-order valence-electron chi connectivity index (χ0n) is 17.2. The van der Waals surface area contributed by atoms with Gasteiger partial charge in [0, 0.05) is 25.1 Å². The number of hydrogen-bond donors (Lipinski definition) is 1. The van der Waals surface area contributed by atoms with E-state index in [0.717, 1.165) is 24.3 Å². The minimum Gasteiger partial charge on any atom is -0.462 e. The van der Waals surface area contributed by atoms with Crippen LogP contribution >= 0.6 is 0 Å². The van der Waals surface area contributed by atoms with E-state index in [9.17, 15) is 9.50 Å². The van der Waals surface area contributed by atoms with Crippen LogP contribution in [0, 0.1) is 23.1 Å². The van der Waals surface area contributed by atoms with Crippen molar-refractivity contribution in [2.75, 3.05) is 0 Å². The first-order valence-corrected chi connectivity index (χ1v) is 10.8. The lowest BCUT2D eigenvalue weighted by Gasteiger charge is -2.87. The minimum atomic E-state index is -1.33. The highest BCUT2D eigenvalue weighted by Crippen LogP contribution is 2.88. The highest BCUT2D eigenvalue weighted by Gasteiger charge is 2.94. The fourth-order valence-electron chi connectivity index (χ4n) is 7.79. The molecular formula is C22H26BFO5. The fourth-order valence-corrected chi connectivity index (χ4v) is 7.79. The molecule has 4 aliphatic carbocycles. The number of aliphatic hydroxyl groups excluding tert-OH is 1. The Morgan fingerprint density at radius 3 is 2.62 bits per heavy atom. The Morgan fingerprint density at radius 2 is 1.93 bits per heavy atom. The second kappa shape index (κ2) is 4.69. The molecule has 2 aliphatic heterocycles. The first-order valence-electron chi connectivity index (χ1n) is 10.8. The Kier molecular flexibility index (Phi) is 2.84. The molecule has 7 heteroatoms. The van der Waals surface area contributed by atoms with Crippen LogP contribution in [0.25, 0.3) is 0 Å². The van der Waals surface area contributed by atoms with E-state index >= 15 is 0 Å². The second-order valence-corrected chi connectivity index (χ2v) is 10.9. The maximum atomic E-state index is 14.4. The summed E-state index contributed by atoms with van der Waals surface area (Å²) in [6, 6.07) is 3.18. The number of ether oxygens (including phenoxy) is 2. The number of aliphatic hydroxyl groups is 1. The summed E-state index contributed by atoms with van der Waals surface area (Å²) in [7, 11) is -0.216. The lowest BCUT2D eigenvalue weighted by Crippen LogP contribution is -2.92. The molecule has 5 fully saturated rings. The summed E-state index contributed by atoms with van der Waals surface area (Å²) in [6.07, 6.45) is 1.98. The van der Waals surface area contributed by atoms with Gasteiger partial charge in [0.2, 0.25) is 5.79 Å². The quantitative estimate of drug-likeness (QED) is 0.763. The molecule has 1 aromatic carbocycles. The van der Waals surface area contributed by atoms with E-state index in [1.807, 2.05) is 0 Å². The molecule has 1 spiro atoms. The van der Waals surface area contributed by atoms with Crippen LogP contribution in [0.3, 0.4) is 0 Å². The molecule has 29 heavy (non-hydrogen) atoms. The molecule has 1 aromatic rings. The van der Waals surface area contributed by atoms with Crippen LogP contribution < -0.4 is 4.74 Å². The summed E-state index contributed by atoms with van der Waals surface area (Å²) >= 11 is 0. The monoisotopic (exact) mass is 400 g/mol. The third-order valence-electron chi connectivity index (χ3n) is 9.39. The van der Waals surface area contributed by atoms with Gasteiger partial charge < -0.3 is 23.9 Å². The molecule has 0 radical (unpaired) electrons. The SMILES string of the molecule is CC1(C)Oc2c([C@H]3C[C@H]3B3OC45CC6CC(C64C)[C@]5(C)O3)ccc(F)c2C(O)O1. The van der Waals surface area contributed by atoms with E-state index in [2.05, 4.69) is 13.8 Å². The molecule has 5 unspecified atom stereocenters. The Labute approximate surface area is 170 Å². The smallest absolute Gasteiger partial charge is 0.461 e. The van der Waals surface area contributed by atoms with Gasteiger partial charge >= 0.3 is 7.12 Å². The predicted octanol–water partition coefficient (Wildman–Crippen LogP) is 3.91. The van der Waals surface area contributed by atoms with Crippen LogP contribution in [0.4, 0.5) is 4.39 Å². The second-order valence-electron chi connectivity index (χ2n) is 10.9. The Hall–Kier alpha value is -1.15. The summed E-state index contributed by atoms with van der Waals surface area (Å²) in [5, 5.41) is 10.3. The molecule has 1 N–H and O–H groups in total. The van der Waals surface area contributed by atoms with Gasteiger partial charge in [0.1, 0.15) is 11.6 Å². The number of fused-ring (bicyclic) bond motifs is 2. The Balaban J connectivity index is 1.19. The van der Waals surface area contributed by atoms with Gasteiger partial charge in [0.05, 0.1) is 16.8 Å². The van der Waals surface area contributed by atoms with Gasteiger partial charge in [-0.05, 0) is 55.6 Å². The molecule has 0 amide bonds. The average Bonchev–Trinajstić information content (AvgIpc) is 3.35. The highest BCUT2D eigenvalue weighted by atomic mass is 19.1. The molecule has 154 valence electrons. The fraction of sp³-hybridized carbons (Fsp3) is 0.727. The molecule has 5 nitrogen and oxygen atoms in total. The number of hydrogen-bond acceptors (Lipinski definition) is 5. The van der Waals surface area contributed by atoms with E-state index in [1.54, 1.807) is 19.9 Å². The first-order chi connectivity index (χ1) is 13.6. The maximum absolute atomic E-state index is 14.4. The number of benzene rings is 1. The third kappa shape index (κ3) is 1.70. The zero-order chi connectivity index (χ0) is 20.1. The number of halogens is 1. The Bertz CT molecular complexity index is 969. The lowest BCUT2D eigenvalue weighted by molar-refractivity contribution is -0.429. The molecule has 0 aromatic heterocycles. The van der Waals surface area contributed by atoms with Gasteiger partial charge in [-0.1, -0.05) is 13.0 Å². The van der Waals surface area contributed by atoms with Crippen molar-refractivity contribution >= 4 is 7.12 Å². The van der Waals surface area contributed by atoms with Gasteiger partial charge in [-0.25, -0.2) is 4.39 Å². The molecule has 0 bridgehead atoms. The summed E-state index contributed by atoms with van der Waals surface area (Å²) < 4.78 is 39.0. The van der Waals surface area contributed by atoms with Crippen LogP contribution in [-0.4, -0.2) is 29.2 Å². The van der Waals surface area contributed by atoms with Gasteiger partial charge in [-0.2, -0.15) is 0 Å². The van der Waals surface area contributed by atoms with Crippen molar-refractivity contribution in [2.45, 2.75) is 82.0 Å². The van der Waals surface area contributed by atoms with Gasteiger partial charge in [0.15, 0.2) is 6.29 Å². The third-order valence-corrected chi connectivity index (χ3v) is 9.39. The van der Waals surface area contributed by atoms with E-state index in [-0.39, 0.29) is 35.6 Å². The van der Waals surface area contributed by atoms with Crippen molar-refractivity contribution < 1.29 is 28.3 Å². The van der Waals surface area contributed by atoms with Crippen LogP contribution in [0.1, 0.15) is 70.3 Å². The van der Waals surface area contributed by atoms with Crippen molar-refractivity contribution in [3.8, 4) is 5.75 Å². The molecule has 6 aliphatic rings. The topological polar surface area (TPSA) is 57.2 Å². The predicted molar refractivity (Wildman–Crippen MR) is 102 cm³/mol. The lowest BCUT2D eigenvalue weighted by atomic mass is 9.21. The largest absolute Gasteiger partial charge is 0.462 e. The summed E-state index contributed by atoms with van der Waals surface area (Å²) in [5.41, 5.74) is 1.06. The minimum absolute atomic E-state index is 0.0961. The van der Waals surface area contributed by atoms with Crippen molar-refractivity contribution in [3.63, 3.8) is 0 Å². The number of rotatable bonds is 2. The van der Waals surface area contributed by atoms with Crippen LogP contribution in [0.5, 0.6) is 5.75 Å². The molecule has 7 rings (SSSR count). The normalized spacial score (nSPS) is 52.2. The van der Waals surface area contributed by atoms with Gasteiger partial charge in [-0.15, -0.1) is 0 Å². The van der Waals surface area contributed by atoms with Crippen LogP contribution in [-0.2, 0) is 14.0 Å². The highest BCUT2D eigenvalue weighted by molar-refractivity contribution is 6.49. The molecule has 8 atom stereocenters. The average molecular weight is 400 g/mol. The molecule has 4 saturated carbocycles. The van der Waals surface area contributed by atoms with E-state index in [0.29, 0.717) is 17.1 Å². The molecule has 1 saturated heterocycles. The molecule has 2 heterocycles. The molecular weight excluding hydrogens is 374 g/mol. The van der Waals surface area contributed by atoms with Crippen LogP contribution in [0.15, 0.2) is 12.1 Å². The zero-order valence-corrected chi connectivity index (χ0v) is 17.2. The van der Waals surface area contributed by atoms with E-state index in [4.69, 9.17) is 18.8 Å². The standard InChI is InChI=1S/C22H26BFO5/c1-19(2)26-17-11(5-6-14(24)16(17)18(25)27-19)12-8-13(12)23-28-21(4)15-7-10-9-22(21,29-23)20(10,15)3/h5-6,10,12-13,15,18,25H,7-9H2,1-4H3/t10?,12-,13-,15?,18?,20?,21+,22?/m1/s1. The van der Waals surface area contributed by atoms with Gasteiger partial charge in [-0.3, -0.25) is 0 Å². The van der Waals surface area contributed by atoms with Crippen molar-refractivity contribution in [1.29, 1.82) is 0 Å². The summed E-state index contributed by atoms with van der Waals surface area (Å²) in [4.78, 5) is 0. The van der Waals surface area contributed by atoms with Crippen LogP contribution in [0.2, 0.25) is 5.82 Å². The van der Waals surface area contributed by atoms with E-state index < -0.39 is 17.9 Å². The first kappa shape index (κ1) is 17.5. The maximum Gasteiger partial charge on any atom is 0.461 e. The van der Waals surface area contributed by atoms with Crippen molar-refractivity contribution in [2.24, 2.45) is 17.3 Å².